The van der Waals surface area contributed by atoms with Gasteiger partial charge in [0, 0.05) is 0 Å². The van der Waals surface area contributed by atoms with Gasteiger partial charge in [0.15, 0.2) is 0 Å². The summed E-state index contributed by atoms with van der Waals surface area (Å²) < 4.78 is 28.1. The molecule has 0 spiro atoms. The molecule has 1 aromatic carbocycles. The number of esters is 1. The minimum absolute atomic E-state index is 0.361. The van der Waals surface area contributed by atoms with Crippen LogP contribution in [0.3, 0.4) is 0 Å². The number of benzene rings is 1. The maximum Gasteiger partial charge on any atom is 0.326 e. The molecule has 0 unspecified atom stereocenters. The van der Waals surface area contributed by atoms with Crippen LogP contribution in [0.4, 0.5) is 5.69 Å². The van der Waals surface area contributed by atoms with Gasteiger partial charge in [-0.2, -0.15) is 8.42 Å². The molecule has 0 aliphatic rings. The highest BCUT2D eigenvalue weighted by atomic mass is 32.2. The Labute approximate surface area is 100 Å². The summed E-state index contributed by atoms with van der Waals surface area (Å²) in [5, 5.41) is 5.07. The summed E-state index contributed by atoms with van der Waals surface area (Å²) in [5.41, 5.74) is 1.06. The smallest absolute Gasteiger partial charge is 0.326 e. The summed E-state index contributed by atoms with van der Waals surface area (Å²) >= 11 is 0. The van der Waals surface area contributed by atoms with Gasteiger partial charge in [-0.1, -0.05) is 18.2 Å². The minimum Gasteiger partial charge on any atom is -0.468 e. The van der Waals surface area contributed by atoms with Crippen molar-refractivity contribution in [2.75, 3.05) is 18.0 Å². The van der Waals surface area contributed by atoms with E-state index in [4.69, 9.17) is 5.14 Å². The number of rotatable bonds is 4. The molecule has 2 N–H and O–H groups in total. The van der Waals surface area contributed by atoms with Gasteiger partial charge in [-0.05, 0) is 18.6 Å². The molecular weight excluding hydrogens is 244 g/mol. The number of hydrogen-bond acceptors (Lipinski definition) is 4. The number of carbonyl (C=O) groups is 1. The van der Waals surface area contributed by atoms with E-state index < -0.39 is 22.7 Å². The van der Waals surface area contributed by atoms with E-state index in [2.05, 4.69) is 4.74 Å². The average Bonchev–Trinajstić information content (AvgIpc) is 2.25. The van der Waals surface area contributed by atoms with Crippen LogP contribution in [-0.2, 0) is 19.7 Å². The maximum atomic E-state index is 11.4. The van der Waals surface area contributed by atoms with Crippen molar-refractivity contribution >= 4 is 21.9 Å². The lowest BCUT2D eigenvalue weighted by molar-refractivity contribution is -0.138. The van der Waals surface area contributed by atoms with Crippen LogP contribution in [0, 0.1) is 6.92 Å². The molecule has 1 rings (SSSR count). The van der Waals surface area contributed by atoms with Crippen molar-refractivity contribution in [2.45, 2.75) is 6.92 Å². The molecule has 0 bridgehead atoms. The van der Waals surface area contributed by atoms with Gasteiger partial charge in [-0.3, -0.25) is 4.79 Å². The molecule has 0 atom stereocenters. The summed E-state index contributed by atoms with van der Waals surface area (Å²) in [6.45, 7) is 1.28. The predicted molar refractivity (Wildman–Crippen MR) is 63.6 cm³/mol. The van der Waals surface area contributed by atoms with Gasteiger partial charge in [-0.15, -0.1) is 0 Å². The van der Waals surface area contributed by atoms with Crippen LogP contribution in [-0.4, -0.2) is 28.0 Å². The van der Waals surface area contributed by atoms with Crippen LogP contribution >= 0.6 is 0 Å². The zero-order valence-corrected chi connectivity index (χ0v) is 10.4. The minimum atomic E-state index is -4.01. The fourth-order valence-electron chi connectivity index (χ4n) is 1.34. The Bertz CT molecular complexity index is 513. The zero-order chi connectivity index (χ0) is 13.1. The third-order valence-electron chi connectivity index (χ3n) is 2.19. The van der Waals surface area contributed by atoms with Crippen LogP contribution < -0.4 is 9.44 Å². The summed E-state index contributed by atoms with van der Waals surface area (Å²) in [6.07, 6.45) is 0. The van der Waals surface area contributed by atoms with Crippen molar-refractivity contribution in [3.63, 3.8) is 0 Å². The van der Waals surface area contributed by atoms with Crippen molar-refractivity contribution in [1.29, 1.82) is 0 Å². The number of methoxy groups -OCH3 is 1. The van der Waals surface area contributed by atoms with E-state index in [1.807, 2.05) is 0 Å². The summed E-state index contributed by atoms with van der Waals surface area (Å²) in [7, 11) is -2.83. The van der Waals surface area contributed by atoms with Crippen molar-refractivity contribution in [3.05, 3.63) is 29.8 Å². The van der Waals surface area contributed by atoms with Gasteiger partial charge in [0.05, 0.1) is 12.8 Å². The lowest BCUT2D eigenvalue weighted by Gasteiger charge is -2.22. The van der Waals surface area contributed by atoms with Crippen molar-refractivity contribution in [2.24, 2.45) is 5.14 Å². The number of carbonyl (C=O) groups excluding carboxylic acids is 1. The predicted octanol–water partition coefficient (Wildman–Crippen LogP) is 0.178. The summed E-state index contributed by atoms with van der Waals surface area (Å²) in [4.78, 5) is 11.2. The number of hydrogen-bond donors (Lipinski definition) is 1. The number of nitrogens with two attached hydrogens (primary N) is 1. The quantitative estimate of drug-likeness (QED) is 0.780. The number of ether oxygens (including phenoxy) is 1. The van der Waals surface area contributed by atoms with Crippen LogP contribution in [0.25, 0.3) is 0 Å². The van der Waals surface area contributed by atoms with Gasteiger partial charge in [0.2, 0.25) is 0 Å². The maximum absolute atomic E-state index is 11.4. The number of para-hydroxylation sites is 1. The molecule has 7 heteroatoms. The van der Waals surface area contributed by atoms with E-state index >= 15 is 0 Å². The highest BCUT2D eigenvalue weighted by molar-refractivity contribution is 7.90. The molecule has 0 aliphatic carbocycles. The van der Waals surface area contributed by atoms with E-state index in [1.165, 1.54) is 7.11 Å². The van der Waals surface area contributed by atoms with Gasteiger partial charge in [0.1, 0.15) is 6.54 Å². The first kappa shape index (κ1) is 13.5. The van der Waals surface area contributed by atoms with Crippen molar-refractivity contribution in [1.82, 2.24) is 0 Å². The fourth-order valence-corrected chi connectivity index (χ4v) is 2.10. The van der Waals surface area contributed by atoms with Crippen LogP contribution in [0.2, 0.25) is 0 Å². The van der Waals surface area contributed by atoms with Gasteiger partial charge < -0.3 is 4.74 Å². The first-order chi connectivity index (χ1) is 7.86. The molecule has 0 saturated carbocycles. The Morgan fingerprint density at radius 1 is 1.41 bits per heavy atom. The van der Waals surface area contributed by atoms with Crippen LogP contribution in [0.15, 0.2) is 24.3 Å². The standard InChI is InChI=1S/C10H14N2O4S/c1-8-5-3-4-6-9(8)12(17(11,14)15)7-10(13)16-2/h3-6H,7H2,1-2H3,(H2,11,14,15). The molecular formula is C10H14N2O4S. The monoisotopic (exact) mass is 258 g/mol. The van der Waals surface area contributed by atoms with Crippen molar-refractivity contribution < 1.29 is 17.9 Å². The Morgan fingerprint density at radius 3 is 2.47 bits per heavy atom. The first-order valence-corrected chi connectivity index (χ1v) is 6.29. The fraction of sp³-hybridized carbons (Fsp3) is 0.300. The highest BCUT2D eigenvalue weighted by Gasteiger charge is 2.22. The third-order valence-corrected chi connectivity index (χ3v) is 3.13. The number of aryl methyl sites for hydroxylation is 1. The Hall–Kier alpha value is -1.60. The summed E-state index contributed by atoms with van der Waals surface area (Å²) in [6, 6.07) is 6.73. The lowest BCUT2D eigenvalue weighted by Crippen LogP contribution is -2.41. The molecule has 0 heterocycles. The zero-order valence-electron chi connectivity index (χ0n) is 9.58. The lowest BCUT2D eigenvalue weighted by atomic mass is 10.2. The number of nitrogens with zero attached hydrogens (tertiary/aromatic N) is 1. The molecule has 0 saturated heterocycles. The first-order valence-electron chi connectivity index (χ1n) is 4.79. The second kappa shape index (κ2) is 5.15. The Kier molecular flexibility index (Phi) is 4.08. The van der Waals surface area contributed by atoms with E-state index in [0.717, 1.165) is 4.31 Å². The van der Waals surface area contributed by atoms with E-state index in [9.17, 15) is 13.2 Å². The third kappa shape index (κ3) is 3.43. The molecule has 17 heavy (non-hydrogen) atoms. The Morgan fingerprint density at radius 2 is 2.00 bits per heavy atom. The van der Waals surface area contributed by atoms with Crippen LogP contribution in [0.5, 0.6) is 0 Å². The van der Waals surface area contributed by atoms with Gasteiger partial charge in [0.25, 0.3) is 10.2 Å². The molecule has 0 aliphatic heterocycles. The second-order valence-corrected chi connectivity index (χ2v) is 4.88. The molecule has 0 amide bonds. The van der Waals surface area contributed by atoms with E-state index in [-0.39, 0.29) is 0 Å². The van der Waals surface area contributed by atoms with Gasteiger partial charge in [-0.25, -0.2) is 9.44 Å². The van der Waals surface area contributed by atoms with Crippen molar-refractivity contribution in [3.8, 4) is 0 Å². The SMILES string of the molecule is COC(=O)CN(c1ccccc1C)S(N)(=O)=O. The number of anilines is 1. The molecule has 1 aromatic rings. The molecule has 0 fully saturated rings. The van der Waals surface area contributed by atoms with Gasteiger partial charge >= 0.3 is 5.97 Å². The molecule has 0 aromatic heterocycles. The van der Waals surface area contributed by atoms with E-state index in [1.54, 1.807) is 31.2 Å². The second-order valence-electron chi connectivity index (χ2n) is 3.41. The Balaban J connectivity index is 3.17. The summed E-state index contributed by atoms with van der Waals surface area (Å²) in [5.74, 6) is -0.678. The topological polar surface area (TPSA) is 89.7 Å². The highest BCUT2D eigenvalue weighted by Crippen LogP contribution is 2.20. The van der Waals surface area contributed by atoms with E-state index in [0.29, 0.717) is 11.3 Å². The van der Waals surface area contributed by atoms with Crippen LogP contribution in [0.1, 0.15) is 5.56 Å². The average molecular weight is 258 g/mol. The largest absolute Gasteiger partial charge is 0.468 e. The normalized spacial score (nSPS) is 11.0. The molecule has 6 nitrogen and oxygen atoms in total. The molecule has 94 valence electrons. The molecule has 0 radical (unpaired) electrons.